The predicted molar refractivity (Wildman–Crippen MR) is 302 cm³/mol. The molecule has 6 aromatic heterocycles. The van der Waals surface area contributed by atoms with Crippen molar-refractivity contribution in [2.45, 2.75) is 77.0 Å². The first kappa shape index (κ1) is 56.7. The molecule has 26 heteroatoms. The van der Waals surface area contributed by atoms with Crippen molar-refractivity contribution in [2.24, 2.45) is 0 Å². The fourth-order valence-electron chi connectivity index (χ4n) is 9.45. The van der Waals surface area contributed by atoms with E-state index in [1.54, 1.807) is 93.2 Å². The molecule has 0 fully saturated rings. The predicted octanol–water partition coefficient (Wildman–Crippen LogP) is 8.24. The average molecular weight is 1200 g/mol. The van der Waals surface area contributed by atoms with E-state index < -0.39 is 16.2 Å². The van der Waals surface area contributed by atoms with Crippen LogP contribution in [-0.4, -0.2) is 98.3 Å². The van der Waals surface area contributed by atoms with Crippen molar-refractivity contribution < 1.29 is 41.8 Å². The fraction of sp³-hybridized carbons (Fsp3) is 0.263. The second-order valence-corrected chi connectivity index (χ2v) is 21.7. The van der Waals surface area contributed by atoms with E-state index in [0.29, 0.717) is 90.2 Å². The van der Waals surface area contributed by atoms with Crippen molar-refractivity contribution in [3.8, 4) is 35.1 Å². The molecule has 12 rings (SSSR count). The number of methoxy groups -OCH3 is 3. The highest BCUT2D eigenvalue weighted by Gasteiger charge is 2.44. The zero-order chi connectivity index (χ0) is 59.3. The molecular weight excluding hydrogens is 1140 g/mol. The first-order valence-electron chi connectivity index (χ1n) is 25.7. The number of nitrogen functional groups attached to an aromatic ring is 1. The van der Waals surface area contributed by atoms with Crippen molar-refractivity contribution >= 4 is 56.9 Å². The largest absolute Gasteiger partial charge is 0.493 e. The van der Waals surface area contributed by atoms with Crippen LogP contribution in [0, 0.1) is 17.5 Å². The molecular formula is C57H54BrF3N16O6. The van der Waals surface area contributed by atoms with Crippen LogP contribution in [-0.2, 0) is 49.9 Å². The van der Waals surface area contributed by atoms with Gasteiger partial charge in [-0.15, -0.1) is 0 Å². The number of halogens is 4. The lowest BCUT2D eigenvalue weighted by Gasteiger charge is -2.16. The van der Waals surface area contributed by atoms with Gasteiger partial charge in [0, 0.05) is 36.6 Å². The number of nitrogens with zero attached hydrogens (tertiary/aromatic N) is 12. The Morgan fingerprint density at radius 2 is 0.867 bits per heavy atom. The number of ether oxygens (including phenoxy) is 3. The third-order valence-electron chi connectivity index (χ3n) is 14.4. The number of hydrogen-bond acceptors (Lipinski definition) is 16. The minimum Gasteiger partial charge on any atom is -0.493 e. The first-order valence-corrected chi connectivity index (χ1v) is 26.5. The fourth-order valence-corrected chi connectivity index (χ4v) is 10.3. The van der Waals surface area contributed by atoms with Crippen LogP contribution in [0.1, 0.15) is 92.0 Å². The molecule has 0 atom stereocenters. The Labute approximate surface area is 481 Å². The van der Waals surface area contributed by atoms with Gasteiger partial charge in [-0.25, -0.2) is 37.2 Å². The van der Waals surface area contributed by atoms with Gasteiger partial charge in [0.05, 0.1) is 61.7 Å². The molecule has 5 N–H and O–H groups in total. The van der Waals surface area contributed by atoms with E-state index >= 15 is 0 Å². The SMILES string of the molecule is COc1cn(-c2nc(Br)c3c(n2)NC(=O)C3(C)C)nc1Cc1ccccc1F.COc1cn(-c2nc(N)c3c(n2)NC(=O)C3(C)C)nc1Cc1ccccc1F.COc1cn(-c2ncc3c(n2)NC(=O)C3(C)C)nc1Cc1ccccc1F. The van der Waals surface area contributed by atoms with E-state index in [1.807, 2.05) is 27.7 Å². The number of hydrogen-bond donors (Lipinski definition) is 4. The van der Waals surface area contributed by atoms with Crippen LogP contribution in [0.25, 0.3) is 17.8 Å². The quantitative estimate of drug-likeness (QED) is 0.0839. The lowest BCUT2D eigenvalue weighted by Crippen LogP contribution is -2.27. The molecule has 3 aliphatic rings. The number of aromatic nitrogens is 12. The van der Waals surface area contributed by atoms with Crippen LogP contribution in [0.3, 0.4) is 0 Å². The third-order valence-corrected chi connectivity index (χ3v) is 14.9. The van der Waals surface area contributed by atoms with Gasteiger partial charge in [-0.2, -0.15) is 35.2 Å². The Morgan fingerprint density at radius 1 is 0.506 bits per heavy atom. The Bertz CT molecular complexity index is 3870. The van der Waals surface area contributed by atoms with Gasteiger partial charge in [-0.1, -0.05) is 54.6 Å². The standard InChI is InChI=1S/C19H17BrFN5O2.C19H19FN6O2.C19H18FN5O2/c1-19(2)14-15(20)22-18(24-16(14)23-17(19)27)26-9-13(28-3)12(25-26)8-10-6-4-5-7-11(10)21;1-19(2)14-15(21)22-18(24-16(14)23-17(19)27)26-9-13(28-3)12(25-26)8-10-6-4-5-7-11(10)20;1-19(2)12-9-21-18(23-16(12)22-17(19)26)25-10-15(27-3)14(24-25)8-11-6-4-5-7-13(11)20/h4-7,9H,8H2,1-3H3,(H,22,23,24,27);4-7,9H,8H2,1-3H3,(H3,21,22,23,24,27);4-7,9-10H,8H2,1-3H3,(H,21,22,23,26). The highest BCUT2D eigenvalue weighted by Crippen LogP contribution is 2.42. The average Bonchev–Trinajstić information content (AvgIpc) is 2.23. The van der Waals surface area contributed by atoms with Gasteiger partial charge in [0.2, 0.25) is 17.7 Å². The number of rotatable bonds is 12. The van der Waals surface area contributed by atoms with Crippen molar-refractivity contribution in [3.05, 3.63) is 170 Å². The van der Waals surface area contributed by atoms with Crippen molar-refractivity contribution in [1.82, 2.24) is 59.2 Å². The summed E-state index contributed by atoms with van der Waals surface area (Å²) in [5.74, 6) is 2.31. The maximum absolute atomic E-state index is 14.0. The monoisotopic (exact) mass is 1190 g/mol. The van der Waals surface area contributed by atoms with E-state index in [2.05, 4.69) is 77.1 Å². The van der Waals surface area contributed by atoms with Gasteiger partial charge in [-0.3, -0.25) is 14.4 Å². The molecule has 0 bridgehead atoms. The van der Waals surface area contributed by atoms with Crippen molar-refractivity contribution in [2.75, 3.05) is 43.0 Å². The summed E-state index contributed by atoms with van der Waals surface area (Å²) in [5.41, 5.74) is 9.06. The maximum Gasteiger partial charge on any atom is 0.254 e. The van der Waals surface area contributed by atoms with Gasteiger partial charge in [0.25, 0.3) is 17.8 Å². The van der Waals surface area contributed by atoms with E-state index in [1.165, 1.54) is 53.6 Å². The first-order chi connectivity index (χ1) is 39.5. The number of benzene rings is 3. The lowest BCUT2D eigenvalue weighted by molar-refractivity contribution is -0.120. The molecule has 3 aromatic carbocycles. The molecule has 22 nitrogen and oxygen atoms in total. The van der Waals surface area contributed by atoms with E-state index in [0.717, 1.165) is 5.56 Å². The van der Waals surface area contributed by atoms with Gasteiger partial charge in [-0.05, 0) is 92.4 Å². The zero-order valence-corrected chi connectivity index (χ0v) is 47.9. The van der Waals surface area contributed by atoms with E-state index in [4.69, 9.17) is 19.9 Å². The number of anilines is 4. The number of amides is 3. The molecule has 83 heavy (non-hydrogen) atoms. The second kappa shape index (κ2) is 22.0. The molecule has 0 aliphatic carbocycles. The summed E-state index contributed by atoms with van der Waals surface area (Å²) in [6.45, 7) is 10.8. The highest BCUT2D eigenvalue weighted by molar-refractivity contribution is 9.10. The minimum atomic E-state index is -0.810. The Morgan fingerprint density at radius 3 is 1.30 bits per heavy atom. The molecule has 9 aromatic rings. The van der Waals surface area contributed by atoms with Gasteiger partial charge in [0.1, 0.15) is 62.4 Å². The molecule has 3 aliphatic heterocycles. The summed E-state index contributed by atoms with van der Waals surface area (Å²) in [5, 5.41) is 21.7. The molecule has 3 amide bonds. The van der Waals surface area contributed by atoms with E-state index in [9.17, 15) is 27.6 Å². The number of nitrogens with two attached hydrogens (primary N) is 1. The van der Waals surface area contributed by atoms with Crippen LogP contribution < -0.4 is 35.9 Å². The van der Waals surface area contributed by atoms with Crippen LogP contribution in [0.4, 0.5) is 36.4 Å². The van der Waals surface area contributed by atoms with Gasteiger partial charge in [0.15, 0.2) is 17.2 Å². The normalized spacial score (nSPS) is 14.7. The zero-order valence-electron chi connectivity index (χ0n) is 46.3. The summed E-state index contributed by atoms with van der Waals surface area (Å²) in [6, 6.07) is 19.5. The summed E-state index contributed by atoms with van der Waals surface area (Å²) >= 11 is 3.44. The number of carbonyl (C=O) groups is 3. The van der Waals surface area contributed by atoms with Crippen molar-refractivity contribution in [1.29, 1.82) is 0 Å². The lowest BCUT2D eigenvalue weighted by atomic mass is 9.87. The molecule has 0 saturated carbocycles. The molecule has 9 heterocycles. The molecule has 0 spiro atoms. The van der Waals surface area contributed by atoms with Crippen LogP contribution in [0.2, 0.25) is 0 Å². The van der Waals surface area contributed by atoms with Gasteiger partial charge >= 0.3 is 0 Å². The topological polar surface area (TPSA) is 272 Å². The second-order valence-electron chi connectivity index (χ2n) is 20.9. The molecule has 0 saturated heterocycles. The molecule has 0 unspecified atom stereocenters. The Hall–Kier alpha value is -9.59. The summed E-state index contributed by atoms with van der Waals surface area (Å²) in [7, 11) is 4.56. The van der Waals surface area contributed by atoms with Gasteiger partial charge < -0.3 is 35.9 Å². The third kappa shape index (κ3) is 10.8. The van der Waals surface area contributed by atoms with Crippen LogP contribution >= 0.6 is 15.9 Å². The molecule has 426 valence electrons. The number of carbonyl (C=O) groups excluding carboxylic acids is 3. The smallest absolute Gasteiger partial charge is 0.254 e. The Kier molecular flexibility index (Phi) is 15.1. The van der Waals surface area contributed by atoms with E-state index in [-0.39, 0.29) is 72.2 Å². The summed E-state index contributed by atoms with van der Waals surface area (Å²) in [6.07, 6.45) is 7.27. The minimum absolute atomic E-state index is 0.123. The van der Waals surface area contributed by atoms with Crippen LogP contribution in [0.5, 0.6) is 17.2 Å². The molecule has 0 radical (unpaired) electrons. The number of fused-ring (bicyclic) bond motifs is 3. The highest BCUT2D eigenvalue weighted by atomic mass is 79.9. The summed E-state index contributed by atoms with van der Waals surface area (Å²) in [4.78, 5) is 62.8. The van der Waals surface area contributed by atoms with Crippen LogP contribution in [0.15, 0.2) is 102 Å². The summed E-state index contributed by atoms with van der Waals surface area (Å²) < 4.78 is 62.9. The van der Waals surface area contributed by atoms with Crippen molar-refractivity contribution in [3.63, 3.8) is 0 Å². The number of nitrogens with one attached hydrogen (secondary N) is 3. The maximum atomic E-state index is 14.0. The Balaban J connectivity index is 0.000000139.